The number of allylic oxidation sites excluding steroid dienone is 6. The third-order valence-corrected chi connectivity index (χ3v) is 2.89. The fourth-order valence-electron chi connectivity index (χ4n) is 1.97. The van der Waals surface area contributed by atoms with Crippen LogP contribution in [0.4, 0.5) is 5.69 Å². The van der Waals surface area contributed by atoms with Crippen molar-refractivity contribution in [2.75, 3.05) is 0 Å². The Labute approximate surface area is 116 Å². The fraction of sp³-hybridized carbons (Fsp3) is 0.167. The lowest BCUT2D eigenvalue weighted by Gasteiger charge is -2.12. The lowest BCUT2D eigenvalue weighted by molar-refractivity contribution is 1.32. The molecule has 0 atom stereocenters. The summed E-state index contributed by atoms with van der Waals surface area (Å²) in [6.07, 6.45) is 11.4. The first-order chi connectivity index (χ1) is 9.11. The Morgan fingerprint density at radius 3 is 2.58 bits per heavy atom. The van der Waals surface area contributed by atoms with Crippen LogP contribution < -0.4 is 0 Å². The number of rotatable bonds is 5. The average Bonchev–Trinajstić information content (AvgIpc) is 2.38. The molecule has 1 heteroatoms. The molecule has 0 unspecified atom stereocenters. The van der Waals surface area contributed by atoms with E-state index in [9.17, 15) is 0 Å². The molecule has 0 aromatic heterocycles. The first-order valence-corrected chi connectivity index (χ1v) is 6.35. The van der Waals surface area contributed by atoms with Crippen molar-refractivity contribution in [1.29, 1.82) is 0 Å². The van der Waals surface area contributed by atoms with Gasteiger partial charge in [0.05, 0.1) is 5.69 Å². The quantitative estimate of drug-likeness (QED) is 0.495. The minimum atomic E-state index is 0.959. The van der Waals surface area contributed by atoms with Crippen LogP contribution in [-0.2, 0) is 0 Å². The molecule has 0 aliphatic heterocycles. The van der Waals surface area contributed by atoms with Gasteiger partial charge in [-0.15, -0.1) is 0 Å². The van der Waals surface area contributed by atoms with Crippen molar-refractivity contribution in [3.05, 3.63) is 72.4 Å². The van der Waals surface area contributed by atoms with Crippen molar-refractivity contribution < 1.29 is 0 Å². The van der Waals surface area contributed by atoms with Crippen molar-refractivity contribution in [1.82, 2.24) is 0 Å². The Kier molecular flexibility index (Phi) is 5.74. The molecule has 0 bridgehead atoms. The van der Waals surface area contributed by atoms with Gasteiger partial charge < -0.3 is 0 Å². The molecule has 0 aliphatic rings. The molecule has 0 saturated carbocycles. The van der Waals surface area contributed by atoms with E-state index in [4.69, 9.17) is 0 Å². The maximum atomic E-state index is 4.38. The fourth-order valence-corrected chi connectivity index (χ4v) is 1.97. The van der Waals surface area contributed by atoms with Gasteiger partial charge in [-0.3, -0.25) is 4.99 Å². The molecule has 0 saturated heterocycles. The van der Waals surface area contributed by atoms with Crippen molar-refractivity contribution in [2.45, 2.75) is 20.8 Å². The van der Waals surface area contributed by atoms with Gasteiger partial charge in [-0.25, -0.2) is 0 Å². The highest BCUT2D eigenvalue weighted by Gasteiger charge is 2.08. The van der Waals surface area contributed by atoms with Gasteiger partial charge in [0.1, 0.15) is 0 Å². The molecule has 0 amide bonds. The number of hydrogen-bond acceptors (Lipinski definition) is 1. The molecule has 98 valence electrons. The zero-order valence-electron chi connectivity index (χ0n) is 12.0. The van der Waals surface area contributed by atoms with Gasteiger partial charge >= 0.3 is 0 Å². The molecule has 0 N–H and O–H groups in total. The summed E-state index contributed by atoms with van der Waals surface area (Å²) in [6.45, 7) is 14.0. The monoisotopic (exact) mass is 251 g/mol. The Balaban J connectivity index is 3.22. The van der Waals surface area contributed by atoms with Crippen molar-refractivity contribution in [2.24, 2.45) is 4.99 Å². The SMILES string of the molecule is C=CC=Nc1ccc(C)c(C(=C)/C=C\C=C/C)c1C. The summed E-state index contributed by atoms with van der Waals surface area (Å²) in [6, 6.07) is 4.10. The van der Waals surface area contributed by atoms with E-state index in [-0.39, 0.29) is 0 Å². The summed E-state index contributed by atoms with van der Waals surface area (Å²) in [7, 11) is 0. The van der Waals surface area contributed by atoms with Crippen LogP contribution >= 0.6 is 0 Å². The van der Waals surface area contributed by atoms with E-state index in [1.54, 1.807) is 12.3 Å². The maximum absolute atomic E-state index is 4.38. The normalized spacial score (nSPS) is 11.7. The molecule has 1 aromatic carbocycles. The van der Waals surface area contributed by atoms with Crippen LogP contribution in [0.5, 0.6) is 0 Å². The second kappa shape index (κ2) is 7.32. The molecular weight excluding hydrogens is 230 g/mol. The van der Waals surface area contributed by atoms with Crippen LogP contribution in [-0.4, -0.2) is 6.21 Å². The van der Waals surface area contributed by atoms with Gasteiger partial charge in [-0.05, 0) is 49.1 Å². The average molecular weight is 251 g/mol. The molecule has 19 heavy (non-hydrogen) atoms. The number of nitrogens with zero attached hydrogens (tertiary/aromatic N) is 1. The molecular formula is C18H21N. The van der Waals surface area contributed by atoms with Crippen LogP contribution in [0, 0.1) is 13.8 Å². The first kappa shape index (κ1) is 14.9. The summed E-state index contributed by atoms with van der Waals surface area (Å²) >= 11 is 0. The van der Waals surface area contributed by atoms with Gasteiger partial charge in [-0.2, -0.15) is 0 Å². The standard InChI is InChI=1S/C18H21N/c1-6-8-9-10-14(3)18-15(4)11-12-17(16(18)5)19-13-7-2/h6-13H,2-3H2,1,4-5H3/b8-6-,10-9-,19-13?. The molecule has 1 aromatic rings. The van der Waals surface area contributed by atoms with Crippen molar-refractivity contribution in [3.63, 3.8) is 0 Å². The maximum Gasteiger partial charge on any atom is 0.0665 e. The summed E-state index contributed by atoms with van der Waals surface area (Å²) in [5.74, 6) is 0. The largest absolute Gasteiger partial charge is 0.257 e. The van der Waals surface area contributed by atoms with Gasteiger partial charge in [0.25, 0.3) is 0 Å². The first-order valence-electron chi connectivity index (χ1n) is 6.35. The van der Waals surface area contributed by atoms with Crippen LogP contribution in [0.2, 0.25) is 0 Å². The van der Waals surface area contributed by atoms with Crippen molar-refractivity contribution >= 4 is 17.5 Å². The zero-order chi connectivity index (χ0) is 14.3. The third kappa shape index (κ3) is 3.92. The lowest BCUT2D eigenvalue weighted by Crippen LogP contribution is -1.91. The topological polar surface area (TPSA) is 12.4 Å². The van der Waals surface area contributed by atoms with Crippen LogP contribution in [0.25, 0.3) is 5.57 Å². The number of hydrogen-bond donors (Lipinski definition) is 0. The minimum absolute atomic E-state index is 0.959. The highest BCUT2D eigenvalue weighted by Crippen LogP contribution is 2.30. The van der Waals surface area contributed by atoms with E-state index >= 15 is 0 Å². The van der Waals surface area contributed by atoms with Gasteiger partial charge in [0.2, 0.25) is 0 Å². The van der Waals surface area contributed by atoms with E-state index < -0.39 is 0 Å². The lowest BCUT2D eigenvalue weighted by atomic mass is 9.95. The molecule has 0 aliphatic carbocycles. The molecule has 0 heterocycles. The Hall–Kier alpha value is -2.15. The second-order valence-electron chi connectivity index (χ2n) is 4.33. The van der Waals surface area contributed by atoms with E-state index in [0.717, 1.165) is 16.8 Å². The van der Waals surface area contributed by atoms with Gasteiger partial charge in [0, 0.05) is 6.21 Å². The summed E-state index contributed by atoms with van der Waals surface area (Å²) in [5.41, 5.74) is 5.49. The summed E-state index contributed by atoms with van der Waals surface area (Å²) in [4.78, 5) is 4.38. The number of aliphatic imine (C=N–C) groups is 1. The number of aryl methyl sites for hydroxylation is 1. The Morgan fingerprint density at radius 2 is 1.95 bits per heavy atom. The zero-order valence-corrected chi connectivity index (χ0v) is 12.0. The van der Waals surface area contributed by atoms with Gasteiger partial charge in [-0.1, -0.05) is 49.6 Å². The van der Waals surface area contributed by atoms with E-state index in [1.807, 2.05) is 37.3 Å². The third-order valence-electron chi connectivity index (χ3n) is 2.89. The summed E-state index contributed by atoms with van der Waals surface area (Å²) in [5, 5.41) is 0. The molecule has 0 spiro atoms. The highest BCUT2D eigenvalue weighted by atomic mass is 14.7. The molecule has 1 rings (SSSR count). The minimum Gasteiger partial charge on any atom is -0.257 e. The van der Waals surface area contributed by atoms with Crippen LogP contribution in [0.3, 0.4) is 0 Å². The summed E-state index contributed by atoms with van der Waals surface area (Å²) < 4.78 is 0. The smallest absolute Gasteiger partial charge is 0.0665 e. The highest BCUT2D eigenvalue weighted by molar-refractivity contribution is 5.81. The van der Waals surface area contributed by atoms with Crippen molar-refractivity contribution in [3.8, 4) is 0 Å². The van der Waals surface area contributed by atoms with Crippen LogP contribution in [0.1, 0.15) is 23.6 Å². The predicted molar refractivity (Wildman–Crippen MR) is 87.3 cm³/mol. The predicted octanol–water partition coefficient (Wildman–Crippen LogP) is 5.34. The van der Waals surface area contributed by atoms with Crippen LogP contribution in [0.15, 0.2) is 60.7 Å². The van der Waals surface area contributed by atoms with E-state index in [2.05, 4.69) is 38.1 Å². The Bertz CT molecular complexity index is 557. The molecule has 0 fully saturated rings. The number of benzene rings is 1. The van der Waals surface area contributed by atoms with E-state index in [0.29, 0.717) is 0 Å². The van der Waals surface area contributed by atoms with Gasteiger partial charge in [0.15, 0.2) is 0 Å². The van der Waals surface area contributed by atoms with E-state index in [1.165, 1.54) is 11.1 Å². The second-order valence-corrected chi connectivity index (χ2v) is 4.33. The molecule has 1 nitrogen and oxygen atoms in total. The molecule has 0 radical (unpaired) electrons. The Morgan fingerprint density at radius 1 is 1.21 bits per heavy atom.